The molecule has 5 rings (SSSR count). The Morgan fingerprint density at radius 2 is 1.09 bits per heavy atom. The standard InChI is InChI=1S/C30H32N4/c1-2-29-10-6-7-11-30(29)23-34-19-18-33(25-34)22-28-14-12-27(13-15-28)21-32-17-16-31(24-32)20-26-8-4-3-5-9-26/h3-19,24-25H,2,20-23H2,1H3/q+2. The number of aromatic nitrogens is 4. The van der Waals surface area contributed by atoms with E-state index < -0.39 is 0 Å². The van der Waals surface area contributed by atoms with Gasteiger partial charge in [0.15, 0.2) is 0 Å². The number of hydrogen-bond donors (Lipinski definition) is 0. The van der Waals surface area contributed by atoms with Crippen LogP contribution < -0.4 is 9.13 Å². The highest BCUT2D eigenvalue weighted by molar-refractivity contribution is 5.27. The van der Waals surface area contributed by atoms with Crippen LogP contribution in [0.15, 0.2) is 116 Å². The highest BCUT2D eigenvalue weighted by Crippen LogP contribution is 2.11. The van der Waals surface area contributed by atoms with Gasteiger partial charge in [-0.2, -0.15) is 0 Å². The Labute approximate surface area is 202 Å². The topological polar surface area (TPSA) is 17.6 Å². The molecule has 0 aliphatic rings. The van der Waals surface area contributed by atoms with Crippen molar-refractivity contribution in [2.75, 3.05) is 0 Å². The normalized spacial score (nSPS) is 11.1. The van der Waals surface area contributed by atoms with Gasteiger partial charge in [0.05, 0.1) is 0 Å². The van der Waals surface area contributed by atoms with Crippen molar-refractivity contribution in [1.82, 2.24) is 9.13 Å². The second kappa shape index (κ2) is 10.3. The summed E-state index contributed by atoms with van der Waals surface area (Å²) in [6, 6.07) is 28.3. The molecule has 2 aromatic heterocycles. The Kier molecular flexibility index (Phi) is 6.66. The molecule has 4 nitrogen and oxygen atoms in total. The molecular formula is C30H32N4+2. The Balaban J connectivity index is 1.18. The smallest absolute Gasteiger partial charge is 0.233 e. The van der Waals surface area contributed by atoms with E-state index >= 15 is 0 Å². The average molecular weight is 449 g/mol. The third-order valence-electron chi connectivity index (χ3n) is 6.31. The lowest BCUT2D eigenvalue weighted by Crippen LogP contribution is -2.31. The highest BCUT2D eigenvalue weighted by atomic mass is 15.1. The van der Waals surface area contributed by atoms with Crippen LogP contribution in [0, 0.1) is 0 Å². The SMILES string of the molecule is CCc1ccccc1Cn1cc[n+](Cc2ccc(Cn3cc[n+](Cc4ccccc4)c3)cc2)c1. The summed E-state index contributed by atoms with van der Waals surface area (Å²) >= 11 is 0. The van der Waals surface area contributed by atoms with E-state index in [0.29, 0.717) is 0 Å². The Morgan fingerprint density at radius 1 is 0.559 bits per heavy atom. The van der Waals surface area contributed by atoms with Crippen molar-refractivity contribution >= 4 is 0 Å². The highest BCUT2D eigenvalue weighted by Gasteiger charge is 2.09. The van der Waals surface area contributed by atoms with Gasteiger partial charge in [-0.05, 0) is 34.2 Å². The number of rotatable bonds is 9. The maximum atomic E-state index is 2.26. The lowest BCUT2D eigenvalue weighted by molar-refractivity contribution is -0.688. The molecule has 0 radical (unpaired) electrons. The van der Waals surface area contributed by atoms with E-state index in [1.54, 1.807) is 0 Å². The van der Waals surface area contributed by atoms with E-state index in [9.17, 15) is 0 Å². The van der Waals surface area contributed by atoms with Crippen LogP contribution in [-0.4, -0.2) is 9.13 Å². The van der Waals surface area contributed by atoms with Crippen LogP contribution in [0.25, 0.3) is 0 Å². The molecule has 0 saturated heterocycles. The molecule has 3 aromatic carbocycles. The van der Waals surface area contributed by atoms with E-state index in [1.807, 2.05) is 0 Å². The number of benzene rings is 3. The minimum atomic E-state index is 0.877. The van der Waals surface area contributed by atoms with Crippen molar-refractivity contribution in [1.29, 1.82) is 0 Å². The van der Waals surface area contributed by atoms with Crippen molar-refractivity contribution in [2.24, 2.45) is 0 Å². The minimum absolute atomic E-state index is 0.877. The van der Waals surface area contributed by atoms with Crippen molar-refractivity contribution in [2.45, 2.75) is 39.5 Å². The number of nitrogens with zero attached hydrogens (tertiary/aromatic N) is 4. The third-order valence-corrected chi connectivity index (χ3v) is 6.31. The van der Waals surface area contributed by atoms with Gasteiger partial charge in [0.2, 0.25) is 12.7 Å². The molecule has 0 spiro atoms. The summed E-state index contributed by atoms with van der Waals surface area (Å²) in [6.45, 7) is 5.79. The van der Waals surface area contributed by atoms with Gasteiger partial charge >= 0.3 is 0 Å². The fourth-order valence-electron chi connectivity index (χ4n) is 4.47. The fraction of sp³-hybridized carbons (Fsp3) is 0.200. The molecule has 170 valence electrons. The molecule has 0 unspecified atom stereocenters. The van der Waals surface area contributed by atoms with E-state index in [1.165, 1.54) is 27.8 Å². The third kappa shape index (κ3) is 5.52. The van der Waals surface area contributed by atoms with E-state index in [-0.39, 0.29) is 0 Å². The molecule has 0 aliphatic carbocycles. The van der Waals surface area contributed by atoms with Crippen LogP contribution in [-0.2, 0) is 32.6 Å². The Hall–Kier alpha value is -3.92. The Bertz CT molecular complexity index is 1330. The lowest BCUT2D eigenvalue weighted by Gasteiger charge is -2.04. The van der Waals surface area contributed by atoms with E-state index in [4.69, 9.17) is 0 Å². The first kappa shape index (κ1) is 21.9. The fourth-order valence-corrected chi connectivity index (χ4v) is 4.47. The van der Waals surface area contributed by atoms with Crippen molar-refractivity contribution in [3.05, 3.63) is 144 Å². The van der Waals surface area contributed by atoms with Crippen LogP contribution in [0.3, 0.4) is 0 Å². The van der Waals surface area contributed by atoms with Crippen molar-refractivity contribution < 1.29 is 9.13 Å². The monoisotopic (exact) mass is 448 g/mol. The van der Waals surface area contributed by atoms with Crippen molar-refractivity contribution in [3.63, 3.8) is 0 Å². The van der Waals surface area contributed by atoms with Crippen molar-refractivity contribution in [3.8, 4) is 0 Å². The molecule has 0 amide bonds. The molecule has 0 atom stereocenters. The van der Waals surface area contributed by atoms with Gasteiger partial charge in [-0.3, -0.25) is 0 Å². The maximum absolute atomic E-state index is 2.26. The zero-order valence-corrected chi connectivity index (χ0v) is 19.8. The molecular weight excluding hydrogens is 416 g/mol. The summed E-state index contributed by atoms with van der Waals surface area (Å²) < 4.78 is 8.98. The van der Waals surface area contributed by atoms with Gasteiger partial charge in [-0.25, -0.2) is 18.3 Å². The largest absolute Gasteiger partial charge is 0.244 e. The molecule has 0 bridgehead atoms. The second-order valence-corrected chi connectivity index (χ2v) is 8.94. The quantitative estimate of drug-likeness (QED) is 0.293. The first-order valence-corrected chi connectivity index (χ1v) is 12.0. The van der Waals surface area contributed by atoms with E-state index in [2.05, 4.69) is 141 Å². The van der Waals surface area contributed by atoms with Crippen LogP contribution >= 0.6 is 0 Å². The summed E-state index contributed by atoms with van der Waals surface area (Å²) in [7, 11) is 0. The van der Waals surface area contributed by atoms with Gasteiger partial charge in [0.1, 0.15) is 51.0 Å². The zero-order valence-electron chi connectivity index (χ0n) is 19.8. The first-order chi connectivity index (χ1) is 16.7. The predicted octanol–water partition coefficient (Wildman–Crippen LogP) is 4.62. The van der Waals surface area contributed by atoms with Crippen LogP contribution in [0.4, 0.5) is 0 Å². The molecule has 0 fully saturated rings. The van der Waals surface area contributed by atoms with Crippen LogP contribution in [0.2, 0.25) is 0 Å². The number of imidazole rings is 2. The van der Waals surface area contributed by atoms with Gasteiger partial charge in [-0.15, -0.1) is 0 Å². The molecule has 2 heterocycles. The number of hydrogen-bond acceptors (Lipinski definition) is 0. The van der Waals surface area contributed by atoms with E-state index in [0.717, 1.165) is 32.6 Å². The number of aryl methyl sites for hydroxylation is 1. The van der Waals surface area contributed by atoms with Crippen LogP contribution in [0.5, 0.6) is 0 Å². The summed E-state index contributed by atoms with van der Waals surface area (Å²) in [5.74, 6) is 0. The molecule has 0 N–H and O–H groups in total. The summed E-state index contributed by atoms with van der Waals surface area (Å²) in [5.41, 5.74) is 6.76. The van der Waals surface area contributed by atoms with Gasteiger partial charge in [-0.1, -0.05) is 85.8 Å². The lowest BCUT2D eigenvalue weighted by atomic mass is 10.1. The second-order valence-electron chi connectivity index (χ2n) is 8.94. The summed E-state index contributed by atoms with van der Waals surface area (Å²) in [4.78, 5) is 0. The predicted molar refractivity (Wildman–Crippen MR) is 134 cm³/mol. The summed E-state index contributed by atoms with van der Waals surface area (Å²) in [6.07, 6.45) is 14.1. The van der Waals surface area contributed by atoms with Gasteiger partial charge in [0, 0.05) is 0 Å². The molecule has 0 saturated carbocycles. The molecule has 0 aliphatic heterocycles. The first-order valence-electron chi connectivity index (χ1n) is 12.0. The molecule has 4 heteroatoms. The molecule has 5 aromatic rings. The van der Waals surface area contributed by atoms with Gasteiger partial charge in [0.25, 0.3) is 0 Å². The Morgan fingerprint density at radius 3 is 1.74 bits per heavy atom. The summed E-state index contributed by atoms with van der Waals surface area (Å²) in [5, 5.41) is 0. The minimum Gasteiger partial charge on any atom is -0.233 e. The maximum Gasteiger partial charge on any atom is 0.244 e. The molecule has 34 heavy (non-hydrogen) atoms. The zero-order chi connectivity index (χ0) is 23.2. The average Bonchev–Trinajstić information content (AvgIpc) is 3.50. The van der Waals surface area contributed by atoms with Crippen LogP contribution in [0.1, 0.15) is 34.7 Å². The van der Waals surface area contributed by atoms with Gasteiger partial charge < -0.3 is 0 Å².